The van der Waals surface area contributed by atoms with Crippen LogP contribution in [0.1, 0.15) is 35.7 Å². The summed E-state index contributed by atoms with van der Waals surface area (Å²) in [5.74, 6) is -1.32. The fraction of sp³-hybridized carbons (Fsp3) is 0.154. The lowest BCUT2D eigenvalue weighted by molar-refractivity contribution is -0.141. The third-order valence-corrected chi connectivity index (χ3v) is 6.61. The van der Waals surface area contributed by atoms with Gasteiger partial charge in [-0.15, -0.1) is 11.3 Å². The number of amides is 1. The fourth-order valence-corrected chi connectivity index (χ4v) is 4.79. The summed E-state index contributed by atoms with van der Waals surface area (Å²) in [4.78, 5) is 25.2. The van der Waals surface area contributed by atoms with Crippen molar-refractivity contribution in [2.45, 2.75) is 25.3 Å². The van der Waals surface area contributed by atoms with Crippen LogP contribution in [0.2, 0.25) is 0 Å². The molecule has 170 valence electrons. The molecule has 3 heterocycles. The van der Waals surface area contributed by atoms with E-state index in [1.165, 1.54) is 5.01 Å². The van der Waals surface area contributed by atoms with Gasteiger partial charge in [0.1, 0.15) is 0 Å². The minimum atomic E-state index is -1.01. The predicted molar refractivity (Wildman–Crippen MR) is 131 cm³/mol. The molecule has 0 saturated carbocycles. The Morgan fingerprint density at radius 2 is 1.71 bits per heavy atom. The molecule has 8 heteroatoms. The van der Waals surface area contributed by atoms with Crippen LogP contribution >= 0.6 is 11.3 Å². The van der Waals surface area contributed by atoms with Crippen molar-refractivity contribution >= 4 is 28.9 Å². The molecule has 0 unspecified atom stereocenters. The molecule has 1 amide bonds. The zero-order valence-electron chi connectivity index (χ0n) is 18.2. The normalized spacial score (nSPS) is 15.4. The standard InChI is InChI=1S/C26H22N4O3S/c31-24(13-14-25(32)33)30-22(16-21(27-30)23-12-7-15-34-23)20-17-29(19-10-5-2-6-11-19)28-26(20)18-8-3-1-4-9-18/h1-12,15,17,22H,13-14,16H2,(H,32,33)/t22-/m0/s1. The topological polar surface area (TPSA) is 87.8 Å². The molecule has 1 aliphatic rings. The molecule has 0 radical (unpaired) electrons. The SMILES string of the molecule is O=C(O)CCC(=O)N1N=C(c2cccs2)C[C@H]1c1cn(-c2ccccc2)nc1-c1ccccc1. The van der Waals surface area contributed by atoms with Crippen molar-refractivity contribution in [3.8, 4) is 16.9 Å². The third kappa shape index (κ3) is 4.40. The van der Waals surface area contributed by atoms with Gasteiger partial charge in [-0.25, -0.2) is 9.69 Å². The largest absolute Gasteiger partial charge is 0.481 e. The number of aromatic nitrogens is 2. The molecule has 0 saturated heterocycles. The highest BCUT2D eigenvalue weighted by molar-refractivity contribution is 7.12. The molecule has 0 spiro atoms. The third-order valence-electron chi connectivity index (χ3n) is 5.69. The minimum absolute atomic E-state index is 0.111. The van der Waals surface area contributed by atoms with E-state index in [1.807, 2.05) is 89.1 Å². The minimum Gasteiger partial charge on any atom is -0.481 e. The van der Waals surface area contributed by atoms with Gasteiger partial charge in [0.25, 0.3) is 0 Å². The molecule has 1 aliphatic heterocycles. The Labute approximate surface area is 200 Å². The van der Waals surface area contributed by atoms with E-state index in [1.54, 1.807) is 11.3 Å². The maximum Gasteiger partial charge on any atom is 0.303 e. The number of para-hydroxylation sites is 1. The van der Waals surface area contributed by atoms with Crippen molar-refractivity contribution in [3.63, 3.8) is 0 Å². The summed E-state index contributed by atoms with van der Waals surface area (Å²) in [6.45, 7) is 0. The zero-order chi connectivity index (χ0) is 23.5. The summed E-state index contributed by atoms with van der Waals surface area (Å²) in [6.07, 6.45) is 2.13. The van der Waals surface area contributed by atoms with E-state index in [0.717, 1.165) is 33.1 Å². The summed E-state index contributed by atoms with van der Waals surface area (Å²) in [5.41, 5.74) is 4.30. The molecule has 5 rings (SSSR count). The first-order valence-electron chi connectivity index (χ1n) is 11.0. The van der Waals surface area contributed by atoms with Crippen LogP contribution in [0.3, 0.4) is 0 Å². The molecule has 2 aromatic heterocycles. The van der Waals surface area contributed by atoms with Crippen LogP contribution in [0.5, 0.6) is 0 Å². The maximum atomic E-state index is 13.1. The lowest BCUT2D eigenvalue weighted by Gasteiger charge is -2.21. The van der Waals surface area contributed by atoms with Gasteiger partial charge in [-0.1, -0.05) is 54.6 Å². The summed E-state index contributed by atoms with van der Waals surface area (Å²) >= 11 is 1.57. The van der Waals surface area contributed by atoms with Gasteiger partial charge < -0.3 is 5.11 Å². The molecule has 1 N–H and O–H groups in total. The number of benzene rings is 2. The van der Waals surface area contributed by atoms with Gasteiger partial charge in [0.2, 0.25) is 5.91 Å². The quantitative estimate of drug-likeness (QED) is 0.405. The Morgan fingerprint density at radius 3 is 2.38 bits per heavy atom. The van der Waals surface area contributed by atoms with E-state index in [4.69, 9.17) is 10.2 Å². The van der Waals surface area contributed by atoms with Crippen LogP contribution < -0.4 is 0 Å². The van der Waals surface area contributed by atoms with Gasteiger partial charge in [0.05, 0.1) is 34.4 Å². The average Bonchev–Trinajstić information content (AvgIpc) is 3.62. The Bertz CT molecular complexity index is 1330. The molecule has 2 aromatic carbocycles. The molecular formula is C26H22N4O3S. The van der Waals surface area contributed by atoms with Crippen molar-refractivity contribution in [2.24, 2.45) is 5.10 Å². The summed E-state index contributed by atoms with van der Waals surface area (Å²) in [5, 5.41) is 22.1. The monoisotopic (exact) mass is 470 g/mol. The number of aliphatic carboxylic acids is 1. The first-order valence-corrected chi connectivity index (χ1v) is 11.8. The lowest BCUT2D eigenvalue weighted by Crippen LogP contribution is -2.27. The van der Waals surface area contributed by atoms with E-state index in [2.05, 4.69) is 5.10 Å². The highest BCUT2D eigenvalue weighted by atomic mass is 32.1. The van der Waals surface area contributed by atoms with Gasteiger partial charge in [-0.3, -0.25) is 9.59 Å². The molecule has 0 aliphatic carbocycles. The number of hydrazone groups is 1. The van der Waals surface area contributed by atoms with E-state index in [-0.39, 0.29) is 24.8 Å². The summed E-state index contributed by atoms with van der Waals surface area (Å²) in [7, 11) is 0. The van der Waals surface area contributed by atoms with Crippen LogP contribution in [0, 0.1) is 0 Å². The number of thiophene rings is 1. The van der Waals surface area contributed by atoms with Crippen molar-refractivity contribution < 1.29 is 14.7 Å². The van der Waals surface area contributed by atoms with Crippen LogP contribution in [-0.4, -0.2) is 37.5 Å². The second kappa shape index (κ2) is 9.44. The van der Waals surface area contributed by atoms with E-state index in [9.17, 15) is 9.59 Å². The lowest BCUT2D eigenvalue weighted by atomic mass is 9.98. The summed E-state index contributed by atoms with van der Waals surface area (Å²) in [6, 6.07) is 23.2. The maximum absolute atomic E-state index is 13.1. The van der Waals surface area contributed by atoms with Crippen molar-refractivity contribution in [2.75, 3.05) is 0 Å². The molecular weight excluding hydrogens is 448 g/mol. The number of carboxylic acids is 1. The number of carboxylic acid groups (broad SMARTS) is 1. The van der Waals surface area contributed by atoms with Crippen LogP contribution in [-0.2, 0) is 9.59 Å². The number of hydrogen-bond acceptors (Lipinski definition) is 5. The van der Waals surface area contributed by atoms with Gasteiger partial charge in [-0.2, -0.15) is 10.2 Å². The van der Waals surface area contributed by atoms with Crippen molar-refractivity contribution in [3.05, 3.63) is 94.8 Å². The Hall–Kier alpha value is -4.04. The van der Waals surface area contributed by atoms with Crippen molar-refractivity contribution in [1.82, 2.24) is 14.8 Å². The van der Waals surface area contributed by atoms with E-state index < -0.39 is 5.97 Å². The molecule has 0 bridgehead atoms. The fourth-order valence-electron chi connectivity index (χ4n) is 4.07. The highest BCUT2D eigenvalue weighted by Crippen LogP contribution is 2.39. The number of nitrogens with zero attached hydrogens (tertiary/aromatic N) is 4. The smallest absolute Gasteiger partial charge is 0.303 e. The molecule has 0 fully saturated rings. The average molecular weight is 471 g/mol. The Balaban J connectivity index is 1.59. The van der Waals surface area contributed by atoms with E-state index >= 15 is 0 Å². The second-order valence-corrected chi connectivity index (χ2v) is 8.90. The van der Waals surface area contributed by atoms with Gasteiger partial charge in [0.15, 0.2) is 0 Å². The van der Waals surface area contributed by atoms with Gasteiger partial charge in [0, 0.05) is 30.2 Å². The summed E-state index contributed by atoms with van der Waals surface area (Å²) < 4.78 is 1.82. The molecule has 1 atom stereocenters. The predicted octanol–water partition coefficient (Wildman–Crippen LogP) is 5.14. The first kappa shape index (κ1) is 21.8. The Kier molecular flexibility index (Phi) is 6.05. The number of hydrogen-bond donors (Lipinski definition) is 1. The number of rotatable bonds is 7. The number of carbonyl (C=O) groups excluding carboxylic acids is 1. The van der Waals surface area contributed by atoms with Crippen LogP contribution in [0.25, 0.3) is 16.9 Å². The van der Waals surface area contributed by atoms with Gasteiger partial charge >= 0.3 is 5.97 Å². The van der Waals surface area contributed by atoms with E-state index in [0.29, 0.717) is 6.42 Å². The zero-order valence-corrected chi connectivity index (χ0v) is 19.1. The van der Waals surface area contributed by atoms with Crippen molar-refractivity contribution in [1.29, 1.82) is 0 Å². The van der Waals surface area contributed by atoms with Gasteiger partial charge in [-0.05, 0) is 23.6 Å². The molecule has 4 aromatic rings. The highest BCUT2D eigenvalue weighted by Gasteiger charge is 2.36. The molecule has 34 heavy (non-hydrogen) atoms. The second-order valence-electron chi connectivity index (χ2n) is 7.96. The first-order chi connectivity index (χ1) is 16.6. The number of carbonyl (C=O) groups is 2. The van der Waals surface area contributed by atoms with Crippen LogP contribution in [0.4, 0.5) is 0 Å². The molecule has 7 nitrogen and oxygen atoms in total. The van der Waals surface area contributed by atoms with Crippen LogP contribution in [0.15, 0.2) is 89.5 Å². The Morgan fingerprint density at radius 1 is 0.971 bits per heavy atom.